The number of nitrogens with zero attached hydrogens (tertiary/aromatic N) is 2. The van der Waals surface area contributed by atoms with Gasteiger partial charge in [-0.15, -0.1) is 0 Å². The second-order valence-electron chi connectivity index (χ2n) is 5.01. The number of carbonyl (C=O) groups is 1. The van der Waals surface area contributed by atoms with Gasteiger partial charge in [0.1, 0.15) is 0 Å². The van der Waals surface area contributed by atoms with Crippen LogP contribution in [-0.4, -0.2) is 20.6 Å². The zero-order valence-corrected chi connectivity index (χ0v) is 11.9. The number of hydrogen-bond acceptors (Lipinski definition) is 2. The van der Waals surface area contributed by atoms with E-state index in [1.165, 1.54) is 37.3 Å². The van der Waals surface area contributed by atoms with E-state index < -0.39 is 18.0 Å². The predicted molar refractivity (Wildman–Crippen MR) is 77.8 cm³/mol. The maximum atomic E-state index is 13.4. The molecule has 0 amide bonds. The predicted octanol–water partition coefficient (Wildman–Crippen LogP) is 4.05. The van der Waals surface area contributed by atoms with Crippen molar-refractivity contribution in [2.24, 2.45) is 0 Å². The van der Waals surface area contributed by atoms with E-state index in [4.69, 9.17) is 0 Å². The van der Waals surface area contributed by atoms with Gasteiger partial charge in [-0.2, -0.15) is 13.2 Å². The summed E-state index contributed by atoms with van der Waals surface area (Å²) < 4.78 is 41.0. The lowest BCUT2D eigenvalue weighted by molar-refractivity contribution is -0.145. The summed E-state index contributed by atoms with van der Waals surface area (Å²) in [6.45, 7) is 1.48. The minimum atomic E-state index is -4.66. The van der Waals surface area contributed by atoms with Crippen LogP contribution < -0.4 is 0 Å². The molecule has 0 saturated heterocycles. The molecule has 23 heavy (non-hydrogen) atoms. The van der Waals surface area contributed by atoms with E-state index in [1.54, 1.807) is 12.1 Å². The standard InChI is InChI=1S/C16H11F3N2O2/c1-9-10(14(22)23)5-4-8-12(9)21-13-7-3-2-6-11(13)20-15(21)16(17,18)19/h2-8H,1H3,(H,22,23). The van der Waals surface area contributed by atoms with Gasteiger partial charge in [-0.3, -0.25) is 4.57 Å². The van der Waals surface area contributed by atoms with E-state index in [1.807, 2.05) is 0 Å². The highest BCUT2D eigenvalue weighted by molar-refractivity contribution is 5.91. The second kappa shape index (κ2) is 5.12. The normalized spacial score (nSPS) is 11.8. The number of imidazole rings is 1. The van der Waals surface area contributed by atoms with Gasteiger partial charge in [0.05, 0.1) is 22.3 Å². The zero-order valence-electron chi connectivity index (χ0n) is 11.9. The SMILES string of the molecule is Cc1c(C(=O)O)cccc1-n1c(C(F)(F)F)nc2ccccc21. The van der Waals surface area contributed by atoms with Crippen molar-refractivity contribution in [1.82, 2.24) is 9.55 Å². The Kier molecular flexibility index (Phi) is 3.35. The lowest BCUT2D eigenvalue weighted by Crippen LogP contribution is -2.15. The summed E-state index contributed by atoms with van der Waals surface area (Å²) in [6.07, 6.45) is -4.66. The molecule has 0 spiro atoms. The molecular weight excluding hydrogens is 309 g/mol. The molecule has 1 aromatic heterocycles. The summed E-state index contributed by atoms with van der Waals surface area (Å²) in [5.74, 6) is -2.27. The number of carboxylic acid groups (broad SMARTS) is 1. The molecule has 118 valence electrons. The molecule has 4 nitrogen and oxygen atoms in total. The fourth-order valence-corrected chi connectivity index (χ4v) is 2.56. The summed E-state index contributed by atoms with van der Waals surface area (Å²) in [7, 11) is 0. The minimum absolute atomic E-state index is 0.0478. The molecule has 0 atom stereocenters. The van der Waals surface area contributed by atoms with E-state index in [-0.39, 0.29) is 27.8 Å². The van der Waals surface area contributed by atoms with Crippen LogP contribution in [0, 0.1) is 6.92 Å². The van der Waals surface area contributed by atoms with Crippen LogP contribution in [0.3, 0.4) is 0 Å². The number of hydrogen-bond donors (Lipinski definition) is 1. The highest BCUT2D eigenvalue weighted by atomic mass is 19.4. The average molecular weight is 320 g/mol. The van der Waals surface area contributed by atoms with E-state index >= 15 is 0 Å². The molecule has 0 aliphatic carbocycles. The number of halogens is 3. The number of alkyl halides is 3. The molecular formula is C16H11F3N2O2. The first-order valence-corrected chi connectivity index (χ1v) is 6.68. The fraction of sp³-hybridized carbons (Fsp3) is 0.125. The Bertz CT molecular complexity index is 913. The molecule has 0 radical (unpaired) electrons. The molecule has 3 aromatic rings. The van der Waals surface area contributed by atoms with E-state index in [2.05, 4.69) is 4.98 Å². The first kappa shape index (κ1) is 15.1. The number of carboxylic acids is 1. The molecule has 0 aliphatic heterocycles. The van der Waals surface area contributed by atoms with Gasteiger partial charge in [0.2, 0.25) is 5.82 Å². The van der Waals surface area contributed by atoms with Gasteiger partial charge in [-0.05, 0) is 36.8 Å². The van der Waals surface area contributed by atoms with Crippen molar-refractivity contribution in [3.63, 3.8) is 0 Å². The third kappa shape index (κ3) is 2.44. The van der Waals surface area contributed by atoms with Crippen molar-refractivity contribution in [2.45, 2.75) is 13.1 Å². The monoisotopic (exact) mass is 320 g/mol. The van der Waals surface area contributed by atoms with Gasteiger partial charge in [0.15, 0.2) is 0 Å². The largest absolute Gasteiger partial charge is 0.478 e. The smallest absolute Gasteiger partial charge is 0.450 e. The molecule has 1 N–H and O–H groups in total. The van der Waals surface area contributed by atoms with Crippen LogP contribution in [0.4, 0.5) is 13.2 Å². The van der Waals surface area contributed by atoms with E-state index in [0.29, 0.717) is 0 Å². The van der Waals surface area contributed by atoms with Crippen molar-refractivity contribution < 1.29 is 23.1 Å². The Morgan fingerprint density at radius 1 is 1.13 bits per heavy atom. The summed E-state index contributed by atoms with van der Waals surface area (Å²) in [6, 6.07) is 10.4. The maximum absolute atomic E-state index is 13.4. The first-order valence-electron chi connectivity index (χ1n) is 6.68. The molecule has 1 heterocycles. The molecule has 0 fully saturated rings. The van der Waals surface area contributed by atoms with Crippen LogP contribution in [0.2, 0.25) is 0 Å². The first-order chi connectivity index (χ1) is 10.8. The van der Waals surface area contributed by atoms with E-state index in [0.717, 1.165) is 4.57 Å². The van der Waals surface area contributed by atoms with Crippen LogP contribution in [0.1, 0.15) is 21.7 Å². The third-order valence-corrected chi connectivity index (χ3v) is 3.59. The highest BCUT2D eigenvalue weighted by Crippen LogP contribution is 2.35. The summed E-state index contributed by atoms with van der Waals surface area (Å²) >= 11 is 0. The molecule has 0 unspecified atom stereocenters. The van der Waals surface area contributed by atoms with Gasteiger partial charge >= 0.3 is 12.1 Å². The van der Waals surface area contributed by atoms with Gasteiger partial charge in [-0.25, -0.2) is 9.78 Å². The zero-order chi connectivity index (χ0) is 16.8. The second-order valence-corrected chi connectivity index (χ2v) is 5.01. The third-order valence-electron chi connectivity index (χ3n) is 3.59. The summed E-state index contributed by atoms with van der Waals surface area (Å²) in [5, 5.41) is 9.18. The number of benzene rings is 2. The molecule has 2 aromatic carbocycles. The average Bonchev–Trinajstić information content (AvgIpc) is 2.87. The van der Waals surface area contributed by atoms with Crippen LogP contribution in [0.15, 0.2) is 42.5 Å². The molecule has 0 saturated carbocycles. The van der Waals surface area contributed by atoms with Crippen molar-refractivity contribution in [2.75, 3.05) is 0 Å². The van der Waals surface area contributed by atoms with Gasteiger partial charge in [0, 0.05) is 0 Å². The van der Waals surface area contributed by atoms with Crippen molar-refractivity contribution >= 4 is 17.0 Å². The Balaban J connectivity index is 2.40. The van der Waals surface area contributed by atoms with Crippen molar-refractivity contribution in [1.29, 1.82) is 0 Å². The quantitative estimate of drug-likeness (QED) is 0.775. The Labute approximate surface area is 128 Å². The minimum Gasteiger partial charge on any atom is -0.478 e. The Morgan fingerprint density at radius 3 is 2.48 bits per heavy atom. The number of aromatic nitrogens is 2. The highest BCUT2D eigenvalue weighted by Gasteiger charge is 2.38. The fourth-order valence-electron chi connectivity index (χ4n) is 2.56. The van der Waals surface area contributed by atoms with Crippen LogP contribution in [0.25, 0.3) is 16.7 Å². The van der Waals surface area contributed by atoms with Gasteiger partial charge in [0.25, 0.3) is 0 Å². The number of fused-ring (bicyclic) bond motifs is 1. The molecule has 7 heteroatoms. The molecule has 0 bridgehead atoms. The molecule has 3 rings (SSSR count). The lowest BCUT2D eigenvalue weighted by Gasteiger charge is -2.15. The molecule has 0 aliphatic rings. The topological polar surface area (TPSA) is 55.1 Å². The van der Waals surface area contributed by atoms with Crippen LogP contribution in [-0.2, 0) is 6.18 Å². The van der Waals surface area contributed by atoms with Crippen molar-refractivity contribution in [3.05, 3.63) is 59.4 Å². The van der Waals surface area contributed by atoms with E-state index in [9.17, 15) is 23.1 Å². The Hall–Kier alpha value is -2.83. The van der Waals surface area contributed by atoms with Crippen LogP contribution in [0.5, 0.6) is 0 Å². The van der Waals surface area contributed by atoms with Gasteiger partial charge in [-0.1, -0.05) is 18.2 Å². The maximum Gasteiger partial charge on any atom is 0.450 e. The summed E-state index contributed by atoms with van der Waals surface area (Å²) in [5.41, 5.74) is 0.804. The van der Waals surface area contributed by atoms with Crippen molar-refractivity contribution in [3.8, 4) is 5.69 Å². The number of aromatic carboxylic acids is 1. The number of para-hydroxylation sites is 2. The Morgan fingerprint density at radius 2 is 1.83 bits per heavy atom. The van der Waals surface area contributed by atoms with Gasteiger partial charge < -0.3 is 5.11 Å². The lowest BCUT2D eigenvalue weighted by atomic mass is 10.1. The summed E-state index contributed by atoms with van der Waals surface area (Å²) in [4.78, 5) is 14.9. The number of rotatable bonds is 2. The van der Waals surface area contributed by atoms with Crippen LogP contribution >= 0.6 is 0 Å².